The number of carbonyl (C=O) groups is 1. The van der Waals surface area contributed by atoms with Crippen LogP contribution >= 0.6 is 0 Å². The highest BCUT2D eigenvalue weighted by molar-refractivity contribution is 5.88. The Morgan fingerprint density at radius 1 is 1.13 bits per heavy atom. The van der Waals surface area contributed by atoms with Crippen molar-refractivity contribution in [1.82, 2.24) is 9.88 Å². The van der Waals surface area contributed by atoms with Gasteiger partial charge in [0.15, 0.2) is 0 Å². The molecular weight excluding hydrogens is 396 g/mol. The van der Waals surface area contributed by atoms with Crippen LogP contribution in [0.3, 0.4) is 0 Å². The third kappa shape index (κ3) is 4.01. The summed E-state index contributed by atoms with van der Waals surface area (Å²) in [5.74, 6) is 0.240. The van der Waals surface area contributed by atoms with E-state index in [0.29, 0.717) is 48.5 Å². The lowest BCUT2D eigenvalue weighted by atomic mass is 10.0. The molecule has 1 fully saturated rings. The predicted molar refractivity (Wildman–Crippen MR) is 115 cm³/mol. The van der Waals surface area contributed by atoms with E-state index in [-0.39, 0.29) is 5.69 Å². The van der Waals surface area contributed by atoms with Crippen LogP contribution in [-0.2, 0) is 4.79 Å². The number of non-ortho nitro benzene ring substituents is 1. The Balaban J connectivity index is 1.57. The van der Waals surface area contributed by atoms with Gasteiger partial charge in [-0.25, -0.2) is 4.98 Å². The molecule has 156 valence electrons. The third-order valence-electron chi connectivity index (χ3n) is 5.50. The number of hydrogen-bond acceptors (Lipinski definition) is 7. The van der Waals surface area contributed by atoms with Crippen LogP contribution in [0.2, 0.25) is 0 Å². The highest BCUT2D eigenvalue weighted by Gasteiger charge is 2.29. The van der Waals surface area contributed by atoms with Crippen LogP contribution < -0.4 is 10.6 Å². The summed E-state index contributed by atoms with van der Waals surface area (Å²) in [6.45, 7) is 2.41. The van der Waals surface area contributed by atoms with Crippen LogP contribution in [0, 0.1) is 21.4 Å². The highest BCUT2D eigenvalue weighted by atomic mass is 16.6. The molecule has 9 heteroatoms. The largest absolute Gasteiger partial charge is 0.368 e. The lowest BCUT2D eigenvalue weighted by Gasteiger charge is -2.38. The molecule has 4 rings (SSSR count). The normalized spacial score (nSPS) is 15.4. The number of fused-ring (bicyclic) bond motifs is 1. The molecule has 9 nitrogen and oxygen atoms in total. The topological polar surface area (TPSA) is 129 Å². The van der Waals surface area contributed by atoms with E-state index in [0.717, 1.165) is 5.56 Å². The van der Waals surface area contributed by atoms with E-state index >= 15 is 0 Å². The molecule has 1 aromatic heterocycles. The zero-order chi connectivity index (χ0) is 22.0. The van der Waals surface area contributed by atoms with Crippen molar-refractivity contribution in [2.75, 3.05) is 31.1 Å². The van der Waals surface area contributed by atoms with Crippen molar-refractivity contribution >= 4 is 28.3 Å². The third-order valence-corrected chi connectivity index (χ3v) is 5.50. The van der Waals surface area contributed by atoms with Gasteiger partial charge in [-0.3, -0.25) is 19.8 Å². The van der Waals surface area contributed by atoms with Crippen molar-refractivity contribution in [3.8, 4) is 6.07 Å². The maximum absolute atomic E-state index is 12.1. The minimum Gasteiger partial charge on any atom is -0.368 e. The second-order valence-electron chi connectivity index (χ2n) is 7.34. The summed E-state index contributed by atoms with van der Waals surface area (Å²) in [5.41, 5.74) is 7.34. The van der Waals surface area contributed by atoms with Crippen molar-refractivity contribution in [3.05, 3.63) is 75.8 Å². The van der Waals surface area contributed by atoms with E-state index in [9.17, 15) is 20.2 Å². The highest BCUT2D eigenvalue weighted by Crippen LogP contribution is 2.28. The van der Waals surface area contributed by atoms with E-state index < -0.39 is 16.9 Å². The Hall–Kier alpha value is -4.03. The number of hydrogen-bond donors (Lipinski definition) is 1. The number of nitrogens with zero attached hydrogens (tertiary/aromatic N) is 5. The van der Waals surface area contributed by atoms with Gasteiger partial charge in [-0.05, 0) is 17.7 Å². The molecule has 0 spiro atoms. The van der Waals surface area contributed by atoms with Crippen molar-refractivity contribution < 1.29 is 9.72 Å². The van der Waals surface area contributed by atoms with Crippen LogP contribution in [0.4, 0.5) is 11.5 Å². The van der Waals surface area contributed by atoms with Gasteiger partial charge >= 0.3 is 0 Å². The molecule has 1 aliphatic heterocycles. The molecule has 1 unspecified atom stereocenters. The smallest absolute Gasteiger partial charge is 0.270 e. The number of aromatic nitrogens is 1. The van der Waals surface area contributed by atoms with Crippen molar-refractivity contribution in [1.29, 1.82) is 5.26 Å². The predicted octanol–water partition coefficient (Wildman–Crippen LogP) is 2.36. The number of piperazine rings is 1. The number of anilines is 1. The van der Waals surface area contributed by atoms with Crippen molar-refractivity contribution in [2.45, 2.75) is 6.04 Å². The average molecular weight is 416 g/mol. The number of carbonyl (C=O) groups excluding carboxylic acids is 1. The van der Waals surface area contributed by atoms with Gasteiger partial charge in [-0.15, -0.1) is 0 Å². The standard InChI is InChI=1S/C22H20N6O3/c23-14-16-12-20(25-19-7-6-17(28(30)31)13-18(16)19)26-8-10-27(11-9-26)21(22(24)29)15-4-2-1-3-5-15/h1-7,12-13,21H,8-11H2,(H2,24,29). The number of nitriles is 1. The molecule has 0 aliphatic carbocycles. The van der Waals surface area contributed by atoms with Crippen LogP contribution in [0.25, 0.3) is 10.9 Å². The molecule has 1 amide bonds. The Morgan fingerprint density at radius 2 is 1.84 bits per heavy atom. The maximum Gasteiger partial charge on any atom is 0.270 e. The zero-order valence-corrected chi connectivity index (χ0v) is 16.6. The first-order chi connectivity index (χ1) is 15.0. The fourth-order valence-electron chi connectivity index (χ4n) is 3.97. The molecule has 1 aliphatic rings. The van der Waals surface area contributed by atoms with Gasteiger partial charge in [0.25, 0.3) is 5.69 Å². The van der Waals surface area contributed by atoms with E-state index in [1.807, 2.05) is 40.1 Å². The molecule has 1 saturated heterocycles. The first kappa shape index (κ1) is 20.3. The number of pyridine rings is 1. The van der Waals surface area contributed by atoms with E-state index in [2.05, 4.69) is 11.1 Å². The molecule has 0 bridgehead atoms. The Labute approximate surface area is 178 Å². The number of rotatable bonds is 5. The van der Waals surface area contributed by atoms with Gasteiger partial charge in [0.2, 0.25) is 5.91 Å². The number of amides is 1. The van der Waals surface area contributed by atoms with Crippen LogP contribution in [-0.4, -0.2) is 46.9 Å². The summed E-state index contributed by atoms with van der Waals surface area (Å²) < 4.78 is 0. The number of nitro groups is 1. The van der Waals surface area contributed by atoms with Gasteiger partial charge < -0.3 is 10.6 Å². The lowest BCUT2D eigenvalue weighted by Crippen LogP contribution is -2.50. The minimum absolute atomic E-state index is 0.0782. The maximum atomic E-state index is 12.1. The first-order valence-corrected chi connectivity index (χ1v) is 9.80. The van der Waals surface area contributed by atoms with E-state index in [4.69, 9.17) is 5.73 Å². The van der Waals surface area contributed by atoms with Crippen molar-refractivity contribution in [3.63, 3.8) is 0 Å². The second kappa shape index (κ2) is 8.38. The molecular formula is C22H20N6O3. The number of nitrogens with two attached hydrogens (primary N) is 1. The summed E-state index contributed by atoms with van der Waals surface area (Å²) in [4.78, 5) is 31.4. The quantitative estimate of drug-likeness (QED) is 0.499. The summed E-state index contributed by atoms with van der Waals surface area (Å²) in [6.07, 6.45) is 0. The Kier molecular flexibility index (Phi) is 5.47. The van der Waals surface area contributed by atoms with Crippen LogP contribution in [0.5, 0.6) is 0 Å². The average Bonchev–Trinajstić information content (AvgIpc) is 2.79. The van der Waals surface area contributed by atoms with E-state index in [1.54, 1.807) is 12.1 Å². The van der Waals surface area contributed by atoms with Gasteiger partial charge in [-0.1, -0.05) is 30.3 Å². The van der Waals surface area contributed by atoms with Gasteiger partial charge in [0, 0.05) is 43.7 Å². The fraction of sp³-hybridized carbons (Fsp3) is 0.227. The molecule has 2 heterocycles. The van der Waals surface area contributed by atoms with Crippen LogP contribution in [0.1, 0.15) is 17.2 Å². The molecule has 2 aromatic carbocycles. The molecule has 31 heavy (non-hydrogen) atoms. The van der Waals surface area contributed by atoms with Crippen molar-refractivity contribution in [2.24, 2.45) is 5.73 Å². The summed E-state index contributed by atoms with van der Waals surface area (Å²) in [5, 5.41) is 21.1. The molecule has 0 radical (unpaired) electrons. The van der Waals surface area contributed by atoms with E-state index in [1.165, 1.54) is 12.1 Å². The second-order valence-corrected chi connectivity index (χ2v) is 7.34. The summed E-state index contributed by atoms with van der Waals surface area (Å²) in [7, 11) is 0. The molecule has 0 saturated carbocycles. The number of primary amides is 1. The SMILES string of the molecule is N#Cc1cc(N2CCN(C(C(N)=O)c3ccccc3)CC2)nc2ccc([N+](=O)[O-])cc12. The lowest BCUT2D eigenvalue weighted by molar-refractivity contribution is -0.384. The summed E-state index contributed by atoms with van der Waals surface area (Å²) >= 11 is 0. The fourth-order valence-corrected chi connectivity index (χ4v) is 3.97. The van der Waals surface area contributed by atoms with Crippen LogP contribution in [0.15, 0.2) is 54.6 Å². The Morgan fingerprint density at radius 3 is 2.45 bits per heavy atom. The zero-order valence-electron chi connectivity index (χ0n) is 16.6. The monoisotopic (exact) mass is 416 g/mol. The molecule has 3 aromatic rings. The van der Waals surface area contributed by atoms with Gasteiger partial charge in [-0.2, -0.15) is 5.26 Å². The van der Waals surface area contributed by atoms with Gasteiger partial charge in [0.1, 0.15) is 11.9 Å². The Bertz CT molecular complexity index is 1180. The van der Waals surface area contributed by atoms with Gasteiger partial charge in [0.05, 0.1) is 22.1 Å². The number of benzene rings is 2. The first-order valence-electron chi connectivity index (χ1n) is 9.80. The summed E-state index contributed by atoms with van der Waals surface area (Å²) in [6, 6.07) is 17.0. The molecule has 2 N–H and O–H groups in total. The number of nitro benzene ring substituents is 1. The minimum atomic E-state index is -0.497. The molecule has 1 atom stereocenters.